The van der Waals surface area contributed by atoms with E-state index in [1.54, 1.807) is 19.1 Å². The van der Waals surface area contributed by atoms with Gasteiger partial charge in [-0.25, -0.2) is 0 Å². The van der Waals surface area contributed by atoms with Crippen molar-refractivity contribution in [1.82, 2.24) is 0 Å². The summed E-state index contributed by atoms with van der Waals surface area (Å²) in [4.78, 5) is 11.2. The smallest absolute Gasteiger partial charge is 0.242 e. The molecule has 1 rings (SSSR count). The molecule has 1 aromatic carbocycles. The summed E-state index contributed by atoms with van der Waals surface area (Å²) >= 11 is 5.58. The van der Waals surface area contributed by atoms with E-state index < -0.39 is 5.38 Å². The van der Waals surface area contributed by atoms with Gasteiger partial charge in [0.15, 0.2) is 0 Å². The number of alkyl halides is 1. The molecular weight excluding hydrogens is 202 g/mol. The summed E-state index contributed by atoms with van der Waals surface area (Å²) in [5.41, 5.74) is 1.35. The molecule has 14 heavy (non-hydrogen) atoms. The molecule has 0 saturated heterocycles. The van der Waals surface area contributed by atoms with E-state index in [0.29, 0.717) is 5.69 Å². The number of carbonyl (C=O) groups is 1. The third kappa shape index (κ3) is 2.64. The number of benzene rings is 1. The van der Waals surface area contributed by atoms with E-state index in [1.165, 1.54) is 6.07 Å². The van der Waals surface area contributed by atoms with Crippen molar-refractivity contribution in [3.05, 3.63) is 23.8 Å². The standard InChI is InChI=1S/C10H12ClNO2/c1-6-3-4-9(13)8(5-6)12-10(14)7(2)11/h3-5,7,13H,1-2H3,(H,12,14)/t7-/m0/s1. The number of aromatic hydroxyl groups is 1. The molecule has 2 N–H and O–H groups in total. The maximum absolute atomic E-state index is 11.2. The molecule has 0 heterocycles. The van der Waals surface area contributed by atoms with Crippen LogP contribution in [0.4, 0.5) is 5.69 Å². The van der Waals surface area contributed by atoms with Gasteiger partial charge in [-0.15, -0.1) is 11.6 Å². The van der Waals surface area contributed by atoms with Crippen LogP contribution in [0.1, 0.15) is 12.5 Å². The average molecular weight is 214 g/mol. The Kier molecular flexibility index (Phi) is 3.36. The van der Waals surface area contributed by atoms with Crippen LogP contribution in [0.2, 0.25) is 0 Å². The van der Waals surface area contributed by atoms with Gasteiger partial charge in [0.2, 0.25) is 5.91 Å². The minimum atomic E-state index is -0.616. The Balaban J connectivity index is 2.86. The molecule has 0 spiro atoms. The summed E-state index contributed by atoms with van der Waals surface area (Å²) in [5.74, 6) is -0.283. The summed E-state index contributed by atoms with van der Waals surface area (Å²) in [7, 11) is 0. The van der Waals surface area contributed by atoms with Gasteiger partial charge in [0, 0.05) is 0 Å². The summed E-state index contributed by atoms with van der Waals surface area (Å²) in [6.07, 6.45) is 0. The number of anilines is 1. The lowest BCUT2D eigenvalue weighted by atomic mass is 10.2. The number of amides is 1. The Morgan fingerprint density at radius 2 is 2.21 bits per heavy atom. The largest absolute Gasteiger partial charge is 0.506 e. The van der Waals surface area contributed by atoms with Crippen LogP contribution in [0.5, 0.6) is 5.75 Å². The number of phenolic OH excluding ortho intramolecular Hbond substituents is 1. The van der Waals surface area contributed by atoms with Gasteiger partial charge in [-0.1, -0.05) is 6.07 Å². The Labute approximate surface area is 87.7 Å². The molecule has 76 valence electrons. The molecule has 4 heteroatoms. The summed E-state index contributed by atoms with van der Waals surface area (Å²) < 4.78 is 0. The van der Waals surface area contributed by atoms with Crippen molar-refractivity contribution >= 4 is 23.2 Å². The van der Waals surface area contributed by atoms with Gasteiger partial charge in [-0.05, 0) is 31.5 Å². The van der Waals surface area contributed by atoms with Crippen LogP contribution in [-0.4, -0.2) is 16.4 Å². The minimum absolute atomic E-state index is 0.0428. The van der Waals surface area contributed by atoms with Crippen molar-refractivity contribution < 1.29 is 9.90 Å². The topological polar surface area (TPSA) is 49.3 Å². The molecule has 1 amide bonds. The van der Waals surface area contributed by atoms with Crippen molar-refractivity contribution in [3.8, 4) is 5.75 Å². The lowest BCUT2D eigenvalue weighted by molar-refractivity contribution is -0.115. The first-order valence-corrected chi connectivity index (χ1v) is 4.69. The number of aryl methyl sites for hydroxylation is 1. The molecule has 0 aliphatic rings. The second-order valence-corrected chi connectivity index (χ2v) is 3.78. The molecule has 1 atom stereocenters. The third-order valence-corrected chi connectivity index (χ3v) is 1.97. The number of carbonyl (C=O) groups excluding carboxylic acids is 1. The predicted molar refractivity (Wildman–Crippen MR) is 56.8 cm³/mol. The Hall–Kier alpha value is -1.22. The fourth-order valence-electron chi connectivity index (χ4n) is 0.982. The number of nitrogens with one attached hydrogen (secondary N) is 1. The quantitative estimate of drug-likeness (QED) is 0.585. The highest BCUT2D eigenvalue weighted by molar-refractivity contribution is 6.32. The molecule has 0 bridgehead atoms. The van der Waals surface area contributed by atoms with Crippen LogP contribution >= 0.6 is 11.6 Å². The minimum Gasteiger partial charge on any atom is -0.506 e. The number of halogens is 1. The van der Waals surface area contributed by atoms with Gasteiger partial charge in [-0.2, -0.15) is 0 Å². The van der Waals surface area contributed by atoms with Crippen LogP contribution in [-0.2, 0) is 4.79 Å². The molecule has 0 aromatic heterocycles. The molecule has 0 radical (unpaired) electrons. The van der Waals surface area contributed by atoms with Gasteiger partial charge in [0.05, 0.1) is 5.69 Å². The molecule has 0 aliphatic heterocycles. The Morgan fingerprint density at radius 1 is 1.57 bits per heavy atom. The lowest BCUT2D eigenvalue weighted by Crippen LogP contribution is -2.20. The van der Waals surface area contributed by atoms with Gasteiger partial charge < -0.3 is 10.4 Å². The van der Waals surface area contributed by atoms with Gasteiger partial charge in [-0.3, -0.25) is 4.79 Å². The van der Waals surface area contributed by atoms with Gasteiger partial charge >= 0.3 is 0 Å². The van der Waals surface area contributed by atoms with Crippen LogP contribution in [0, 0.1) is 6.92 Å². The summed E-state index contributed by atoms with van der Waals surface area (Å²) in [6.45, 7) is 3.45. The van der Waals surface area contributed by atoms with Gasteiger partial charge in [0.25, 0.3) is 0 Å². The first kappa shape index (κ1) is 10.9. The normalized spacial score (nSPS) is 12.2. The van der Waals surface area contributed by atoms with E-state index in [2.05, 4.69) is 5.32 Å². The van der Waals surface area contributed by atoms with Crippen LogP contribution in [0.15, 0.2) is 18.2 Å². The molecule has 0 fully saturated rings. The van der Waals surface area contributed by atoms with Crippen LogP contribution < -0.4 is 5.32 Å². The lowest BCUT2D eigenvalue weighted by Gasteiger charge is -2.08. The van der Waals surface area contributed by atoms with Crippen LogP contribution in [0.3, 0.4) is 0 Å². The zero-order valence-electron chi connectivity index (χ0n) is 8.04. The van der Waals surface area contributed by atoms with E-state index >= 15 is 0 Å². The fraction of sp³-hybridized carbons (Fsp3) is 0.300. The maximum atomic E-state index is 11.2. The number of phenols is 1. The molecular formula is C10H12ClNO2. The first-order valence-electron chi connectivity index (χ1n) is 4.25. The number of hydrogen-bond donors (Lipinski definition) is 2. The monoisotopic (exact) mass is 213 g/mol. The number of rotatable bonds is 2. The zero-order valence-corrected chi connectivity index (χ0v) is 8.80. The van der Waals surface area contributed by atoms with Crippen LogP contribution in [0.25, 0.3) is 0 Å². The third-order valence-electron chi connectivity index (χ3n) is 1.77. The van der Waals surface area contributed by atoms with E-state index in [9.17, 15) is 9.90 Å². The maximum Gasteiger partial charge on any atom is 0.242 e. The number of hydrogen-bond acceptors (Lipinski definition) is 2. The highest BCUT2D eigenvalue weighted by Crippen LogP contribution is 2.24. The van der Waals surface area contributed by atoms with Crippen molar-refractivity contribution in [3.63, 3.8) is 0 Å². The van der Waals surface area contributed by atoms with E-state index in [4.69, 9.17) is 11.6 Å². The SMILES string of the molecule is Cc1ccc(O)c(NC(=O)[C@H](C)Cl)c1. The Bertz CT molecular complexity index is 350. The van der Waals surface area contributed by atoms with E-state index in [1.807, 2.05) is 6.92 Å². The fourth-order valence-corrected chi connectivity index (χ4v) is 1.04. The summed E-state index contributed by atoms with van der Waals surface area (Å²) in [5, 5.41) is 11.3. The van der Waals surface area contributed by atoms with Crippen molar-refractivity contribution in [2.75, 3.05) is 5.32 Å². The predicted octanol–water partition coefficient (Wildman–Crippen LogP) is 2.27. The average Bonchev–Trinajstić information content (AvgIpc) is 2.11. The van der Waals surface area contributed by atoms with E-state index in [0.717, 1.165) is 5.56 Å². The van der Waals surface area contributed by atoms with Gasteiger partial charge in [0.1, 0.15) is 11.1 Å². The Morgan fingerprint density at radius 3 is 2.79 bits per heavy atom. The molecule has 0 aliphatic carbocycles. The second-order valence-electron chi connectivity index (χ2n) is 3.13. The highest BCUT2D eigenvalue weighted by Gasteiger charge is 2.11. The molecule has 0 unspecified atom stereocenters. The van der Waals surface area contributed by atoms with Crippen molar-refractivity contribution in [2.24, 2.45) is 0 Å². The molecule has 3 nitrogen and oxygen atoms in total. The van der Waals surface area contributed by atoms with Crippen molar-refractivity contribution in [1.29, 1.82) is 0 Å². The van der Waals surface area contributed by atoms with Crippen molar-refractivity contribution in [2.45, 2.75) is 19.2 Å². The molecule has 1 aromatic rings. The molecule has 0 saturated carbocycles. The zero-order chi connectivity index (χ0) is 10.7. The summed E-state index contributed by atoms with van der Waals surface area (Å²) in [6, 6.07) is 4.98. The first-order chi connectivity index (χ1) is 6.50. The second kappa shape index (κ2) is 4.33. The highest BCUT2D eigenvalue weighted by atomic mass is 35.5. The van der Waals surface area contributed by atoms with E-state index in [-0.39, 0.29) is 11.7 Å².